The Morgan fingerprint density at radius 2 is 2.06 bits per heavy atom. The third-order valence-electron chi connectivity index (χ3n) is 5.35. The van der Waals surface area contributed by atoms with Crippen LogP contribution in [0.4, 0.5) is 10.1 Å². The standard InChI is InChI=1S/C24H32FN3O7/c1-2-6-18(28-21(30)7-4-3-5-10-26)23(31)27-16-8-9-19(15(11-16)14-25)34-22-13-17(29)12-20(35-22)24(32)33/h1,8-9,11,17-18,20,22,29H,3-7,10,12-14,26H2,(H,27,31)(H,28,30)(H,32,33). The van der Waals surface area contributed by atoms with E-state index in [4.69, 9.17) is 26.7 Å². The normalized spacial score (nSPS) is 20.3. The van der Waals surface area contributed by atoms with Crippen molar-refractivity contribution in [1.82, 2.24) is 5.32 Å². The van der Waals surface area contributed by atoms with Gasteiger partial charge in [0.15, 0.2) is 6.10 Å². The van der Waals surface area contributed by atoms with E-state index in [9.17, 15) is 23.9 Å². The molecule has 0 bridgehead atoms. The second-order valence-corrected chi connectivity index (χ2v) is 8.21. The number of aliphatic hydroxyl groups is 1. The Morgan fingerprint density at radius 3 is 2.71 bits per heavy atom. The molecular weight excluding hydrogens is 461 g/mol. The molecule has 1 saturated heterocycles. The lowest BCUT2D eigenvalue weighted by Gasteiger charge is -2.31. The quantitative estimate of drug-likeness (QED) is 0.204. The summed E-state index contributed by atoms with van der Waals surface area (Å²) in [5.41, 5.74) is 5.76. The summed E-state index contributed by atoms with van der Waals surface area (Å²) in [7, 11) is 0. The summed E-state index contributed by atoms with van der Waals surface area (Å²) >= 11 is 0. The zero-order valence-corrected chi connectivity index (χ0v) is 19.4. The Balaban J connectivity index is 2.01. The number of rotatable bonds is 13. The molecule has 192 valence electrons. The van der Waals surface area contributed by atoms with Crippen LogP contribution < -0.4 is 21.1 Å². The smallest absolute Gasteiger partial charge is 0.333 e. The van der Waals surface area contributed by atoms with Crippen molar-refractivity contribution in [3.63, 3.8) is 0 Å². The molecule has 1 aromatic rings. The molecule has 0 radical (unpaired) electrons. The molecule has 0 spiro atoms. The number of alkyl halides is 1. The molecular formula is C24H32FN3O7. The topological polar surface area (TPSA) is 160 Å². The van der Waals surface area contributed by atoms with Gasteiger partial charge in [-0.1, -0.05) is 6.42 Å². The van der Waals surface area contributed by atoms with Crippen LogP contribution in [0.3, 0.4) is 0 Å². The average Bonchev–Trinajstić information content (AvgIpc) is 2.82. The number of halogens is 1. The second-order valence-electron chi connectivity index (χ2n) is 8.21. The molecule has 0 aliphatic carbocycles. The highest BCUT2D eigenvalue weighted by molar-refractivity contribution is 5.97. The molecule has 4 unspecified atom stereocenters. The first-order chi connectivity index (χ1) is 16.8. The van der Waals surface area contributed by atoms with Crippen molar-refractivity contribution in [2.45, 2.75) is 76.2 Å². The predicted octanol–water partition coefficient (Wildman–Crippen LogP) is 1.45. The summed E-state index contributed by atoms with van der Waals surface area (Å²) < 4.78 is 24.6. The zero-order valence-electron chi connectivity index (χ0n) is 19.4. The first-order valence-electron chi connectivity index (χ1n) is 11.4. The van der Waals surface area contributed by atoms with Gasteiger partial charge in [-0.15, -0.1) is 12.3 Å². The fourth-order valence-corrected chi connectivity index (χ4v) is 3.54. The number of aliphatic hydroxyl groups excluding tert-OH is 1. The van der Waals surface area contributed by atoms with Crippen molar-refractivity contribution in [1.29, 1.82) is 0 Å². The number of nitrogens with two attached hydrogens (primary N) is 1. The fourth-order valence-electron chi connectivity index (χ4n) is 3.54. The second kappa shape index (κ2) is 14.3. The number of carboxylic acids is 1. The van der Waals surface area contributed by atoms with Gasteiger partial charge in [0, 0.05) is 36.9 Å². The van der Waals surface area contributed by atoms with Crippen molar-refractivity contribution >= 4 is 23.5 Å². The summed E-state index contributed by atoms with van der Waals surface area (Å²) in [6.45, 7) is -0.392. The van der Waals surface area contributed by atoms with Crippen molar-refractivity contribution < 1.29 is 38.5 Å². The van der Waals surface area contributed by atoms with Gasteiger partial charge in [0.05, 0.1) is 6.10 Å². The van der Waals surface area contributed by atoms with Crippen LogP contribution in [-0.2, 0) is 25.8 Å². The third kappa shape index (κ3) is 9.16. The number of benzene rings is 1. The van der Waals surface area contributed by atoms with E-state index >= 15 is 0 Å². The van der Waals surface area contributed by atoms with Gasteiger partial charge in [-0.3, -0.25) is 9.59 Å². The van der Waals surface area contributed by atoms with E-state index in [0.29, 0.717) is 13.0 Å². The minimum Gasteiger partial charge on any atom is -0.479 e. The van der Waals surface area contributed by atoms with Gasteiger partial charge < -0.3 is 36.1 Å². The maximum atomic E-state index is 13.7. The number of carboxylic acid groups (broad SMARTS) is 1. The minimum absolute atomic E-state index is 0.0215. The van der Waals surface area contributed by atoms with Crippen molar-refractivity contribution in [2.24, 2.45) is 5.73 Å². The number of carbonyl (C=O) groups excluding carboxylic acids is 2. The highest BCUT2D eigenvalue weighted by Gasteiger charge is 2.34. The lowest BCUT2D eigenvalue weighted by molar-refractivity contribution is -0.195. The number of hydrogen-bond acceptors (Lipinski definition) is 7. The molecule has 6 N–H and O–H groups in total. The summed E-state index contributed by atoms with van der Waals surface area (Å²) in [4.78, 5) is 36.0. The molecule has 1 aliphatic rings. The van der Waals surface area contributed by atoms with Gasteiger partial charge in [-0.25, -0.2) is 9.18 Å². The Bertz CT molecular complexity index is 921. The molecule has 0 saturated carbocycles. The fraction of sp³-hybridized carbons (Fsp3) is 0.542. The van der Waals surface area contributed by atoms with Crippen LogP contribution >= 0.6 is 0 Å². The van der Waals surface area contributed by atoms with E-state index in [1.807, 2.05) is 0 Å². The van der Waals surface area contributed by atoms with Gasteiger partial charge in [-0.2, -0.15) is 0 Å². The van der Waals surface area contributed by atoms with Crippen LogP contribution in [0.2, 0.25) is 0 Å². The van der Waals surface area contributed by atoms with Crippen LogP contribution in [0.1, 0.15) is 50.5 Å². The summed E-state index contributed by atoms with van der Waals surface area (Å²) in [6, 6.07) is 3.25. The van der Waals surface area contributed by atoms with Crippen molar-refractivity contribution in [3.05, 3.63) is 23.8 Å². The van der Waals surface area contributed by atoms with E-state index in [2.05, 4.69) is 16.6 Å². The molecule has 2 amide bonds. The maximum Gasteiger partial charge on any atom is 0.333 e. The highest BCUT2D eigenvalue weighted by atomic mass is 19.1. The molecule has 4 atom stereocenters. The molecule has 10 nitrogen and oxygen atoms in total. The zero-order chi connectivity index (χ0) is 25.8. The van der Waals surface area contributed by atoms with Crippen LogP contribution in [0.5, 0.6) is 5.75 Å². The molecule has 1 heterocycles. The third-order valence-corrected chi connectivity index (χ3v) is 5.35. The highest BCUT2D eigenvalue weighted by Crippen LogP contribution is 2.29. The lowest BCUT2D eigenvalue weighted by atomic mass is 10.1. The molecule has 35 heavy (non-hydrogen) atoms. The summed E-state index contributed by atoms with van der Waals surface area (Å²) in [5, 5.41) is 24.2. The number of nitrogens with one attached hydrogen (secondary N) is 2. The van der Waals surface area contributed by atoms with Gasteiger partial charge in [0.25, 0.3) is 0 Å². The van der Waals surface area contributed by atoms with Crippen LogP contribution in [-0.4, -0.2) is 59.1 Å². The van der Waals surface area contributed by atoms with E-state index in [1.54, 1.807) is 0 Å². The predicted molar refractivity (Wildman–Crippen MR) is 125 cm³/mol. The van der Waals surface area contributed by atoms with Gasteiger partial charge >= 0.3 is 5.97 Å². The first kappa shape index (κ1) is 28.0. The Labute approximate surface area is 203 Å². The van der Waals surface area contributed by atoms with Crippen LogP contribution in [0.15, 0.2) is 18.2 Å². The van der Waals surface area contributed by atoms with E-state index < -0.39 is 43.1 Å². The number of anilines is 1. The van der Waals surface area contributed by atoms with E-state index in [1.165, 1.54) is 18.2 Å². The van der Waals surface area contributed by atoms with Gasteiger partial charge in [-0.05, 0) is 37.6 Å². The maximum absolute atomic E-state index is 13.7. The Hall–Kier alpha value is -3.20. The van der Waals surface area contributed by atoms with Crippen molar-refractivity contribution in [2.75, 3.05) is 11.9 Å². The first-order valence-corrected chi connectivity index (χ1v) is 11.4. The molecule has 1 fully saturated rings. The van der Waals surface area contributed by atoms with Gasteiger partial charge in [0.1, 0.15) is 18.5 Å². The molecule has 1 aromatic carbocycles. The lowest BCUT2D eigenvalue weighted by Crippen LogP contribution is -2.43. The molecule has 0 aromatic heterocycles. The van der Waals surface area contributed by atoms with Crippen LogP contribution in [0, 0.1) is 12.3 Å². The monoisotopic (exact) mass is 493 g/mol. The van der Waals surface area contributed by atoms with E-state index in [-0.39, 0.29) is 48.6 Å². The molecule has 2 rings (SSSR count). The largest absolute Gasteiger partial charge is 0.479 e. The van der Waals surface area contributed by atoms with E-state index in [0.717, 1.165) is 12.8 Å². The molecule has 1 aliphatic heterocycles. The summed E-state index contributed by atoms with van der Waals surface area (Å²) in [6.07, 6.45) is 4.52. The molecule has 11 heteroatoms. The number of ether oxygens (including phenoxy) is 2. The summed E-state index contributed by atoms with van der Waals surface area (Å²) in [5.74, 6) is 0.351. The number of terminal acetylenes is 1. The number of unbranched alkanes of at least 4 members (excludes halogenated alkanes) is 2. The van der Waals surface area contributed by atoms with Crippen LogP contribution in [0.25, 0.3) is 0 Å². The van der Waals surface area contributed by atoms with Crippen molar-refractivity contribution in [3.8, 4) is 18.1 Å². The number of hydrogen-bond donors (Lipinski definition) is 5. The number of carbonyl (C=O) groups is 3. The Morgan fingerprint density at radius 1 is 1.29 bits per heavy atom. The van der Waals surface area contributed by atoms with Gasteiger partial charge in [0.2, 0.25) is 18.1 Å². The SMILES string of the molecule is C#CCC(NC(=O)CCCCCN)C(=O)Nc1ccc(OC2CC(O)CC(C(=O)O)O2)c(CF)c1. The average molecular weight is 494 g/mol. The number of aliphatic carboxylic acids is 1. The number of amides is 2. The Kier molecular flexibility index (Phi) is 11.4. The minimum atomic E-state index is -1.24.